The second kappa shape index (κ2) is 7.39. The number of ether oxygens (including phenoxy) is 1. The second-order valence-electron chi connectivity index (χ2n) is 7.33. The van der Waals surface area contributed by atoms with Crippen LogP contribution in [0.3, 0.4) is 0 Å². The van der Waals surface area contributed by atoms with Gasteiger partial charge in [-0.1, -0.05) is 85.9 Å². The first-order valence-corrected chi connectivity index (χ1v) is 9.43. The van der Waals surface area contributed by atoms with Crippen molar-refractivity contribution in [3.63, 3.8) is 0 Å². The number of amides is 2. The Morgan fingerprint density at radius 1 is 1.00 bits per heavy atom. The van der Waals surface area contributed by atoms with Crippen molar-refractivity contribution in [1.82, 2.24) is 4.90 Å². The number of carbonyl (C=O) groups is 2. The highest BCUT2D eigenvalue weighted by Gasteiger charge is 2.51. The van der Waals surface area contributed by atoms with Crippen molar-refractivity contribution >= 4 is 12.0 Å². The van der Waals surface area contributed by atoms with Crippen molar-refractivity contribution in [1.29, 1.82) is 0 Å². The number of rotatable bonds is 5. The Kier molecular flexibility index (Phi) is 4.80. The predicted molar refractivity (Wildman–Crippen MR) is 104 cm³/mol. The van der Waals surface area contributed by atoms with Crippen LogP contribution in [0.25, 0.3) is 0 Å². The molecule has 0 bridgehead atoms. The van der Waals surface area contributed by atoms with E-state index in [0.29, 0.717) is 6.42 Å². The van der Waals surface area contributed by atoms with E-state index in [-0.39, 0.29) is 35.8 Å². The van der Waals surface area contributed by atoms with E-state index in [4.69, 9.17) is 4.74 Å². The normalized spacial score (nSPS) is 25.5. The van der Waals surface area contributed by atoms with E-state index in [1.54, 1.807) is 0 Å². The highest BCUT2D eigenvalue weighted by Crippen LogP contribution is 2.36. The van der Waals surface area contributed by atoms with Gasteiger partial charge in [-0.25, -0.2) is 9.69 Å². The van der Waals surface area contributed by atoms with E-state index >= 15 is 0 Å². The zero-order chi connectivity index (χ0) is 18.8. The van der Waals surface area contributed by atoms with Gasteiger partial charge in [-0.2, -0.15) is 0 Å². The minimum absolute atomic E-state index is 0.00331. The Hall–Kier alpha value is -2.88. The maximum Gasteiger partial charge on any atom is 0.417 e. The average molecular weight is 361 g/mol. The van der Waals surface area contributed by atoms with Gasteiger partial charge < -0.3 is 4.74 Å². The summed E-state index contributed by atoms with van der Waals surface area (Å²) in [7, 11) is 0. The molecule has 0 N–H and O–H groups in total. The molecule has 2 amide bonds. The maximum atomic E-state index is 13.2. The summed E-state index contributed by atoms with van der Waals surface area (Å²) in [6, 6.07) is 9.56. The van der Waals surface area contributed by atoms with Crippen LogP contribution in [0.5, 0.6) is 0 Å². The van der Waals surface area contributed by atoms with Gasteiger partial charge in [-0.3, -0.25) is 4.79 Å². The standard InChI is InChI=1S/C23H23NO3/c1-16(15-17-9-3-2-4-10-17)22(25)24-20(18-11-5-6-12-18)21(27-23(24)26)19-13-7-8-14-19/h2-14,16,18-21H,15H2,1H3/t16-,20+,21-/m1/s1. The third-order valence-electron chi connectivity index (χ3n) is 5.44. The molecule has 4 heteroatoms. The number of carbonyl (C=O) groups excluding carboxylic acids is 2. The van der Waals surface area contributed by atoms with Crippen LogP contribution in [0.1, 0.15) is 12.5 Å². The molecule has 1 aromatic carbocycles. The van der Waals surface area contributed by atoms with Crippen LogP contribution in [0.4, 0.5) is 4.79 Å². The molecule has 138 valence electrons. The lowest BCUT2D eigenvalue weighted by molar-refractivity contribution is -0.133. The molecule has 1 aromatic rings. The SMILES string of the molecule is C[C@H](Cc1ccccc1)C(=O)N1C(=O)O[C@H](C2C=CC=C2)[C@@H]1C1C=CC=C1. The van der Waals surface area contributed by atoms with Crippen LogP contribution in [0.2, 0.25) is 0 Å². The largest absolute Gasteiger partial charge is 0.443 e. The van der Waals surface area contributed by atoms with E-state index < -0.39 is 6.09 Å². The van der Waals surface area contributed by atoms with Gasteiger partial charge in [0.1, 0.15) is 6.10 Å². The maximum absolute atomic E-state index is 13.2. The first kappa shape index (κ1) is 17.5. The van der Waals surface area contributed by atoms with E-state index in [9.17, 15) is 9.59 Å². The second-order valence-corrected chi connectivity index (χ2v) is 7.33. The number of hydrogen-bond donors (Lipinski definition) is 0. The minimum atomic E-state index is -0.530. The van der Waals surface area contributed by atoms with E-state index in [1.807, 2.05) is 85.9 Å². The molecule has 4 nitrogen and oxygen atoms in total. The fourth-order valence-electron chi connectivity index (χ4n) is 4.08. The molecular weight excluding hydrogens is 338 g/mol. The number of imide groups is 1. The summed E-state index contributed by atoms with van der Waals surface area (Å²) in [4.78, 5) is 27.3. The Morgan fingerprint density at radius 3 is 2.22 bits per heavy atom. The molecule has 0 unspecified atom stereocenters. The summed E-state index contributed by atoms with van der Waals surface area (Å²) >= 11 is 0. The molecule has 0 saturated carbocycles. The fraction of sp³-hybridized carbons (Fsp3) is 0.304. The van der Waals surface area contributed by atoms with Crippen molar-refractivity contribution in [2.24, 2.45) is 17.8 Å². The summed E-state index contributed by atoms with van der Waals surface area (Å²) in [5, 5.41) is 0. The Balaban J connectivity index is 1.58. The van der Waals surface area contributed by atoms with Crippen LogP contribution in [-0.2, 0) is 16.0 Å². The molecule has 2 aliphatic carbocycles. The lowest BCUT2D eigenvalue weighted by Crippen LogP contribution is -2.48. The molecule has 4 rings (SSSR count). The van der Waals surface area contributed by atoms with E-state index in [0.717, 1.165) is 5.56 Å². The number of benzene rings is 1. The summed E-state index contributed by atoms with van der Waals surface area (Å²) in [5.74, 6) is -0.485. The molecule has 3 aliphatic rings. The molecular formula is C23H23NO3. The summed E-state index contributed by atoms with van der Waals surface area (Å²) in [6.07, 6.45) is 15.6. The summed E-state index contributed by atoms with van der Waals surface area (Å²) < 4.78 is 5.70. The highest BCUT2D eigenvalue weighted by molar-refractivity contribution is 5.95. The fourth-order valence-corrected chi connectivity index (χ4v) is 4.08. The molecule has 0 radical (unpaired) electrons. The van der Waals surface area contributed by atoms with Gasteiger partial charge in [0.2, 0.25) is 5.91 Å². The summed E-state index contributed by atoms with van der Waals surface area (Å²) in [6.45, 7) is 1.88. The molecule has 1 saturated heterocycles. The van der Waals surface area contributed by atoms with Crippen molar-refractivity contribution < 1.29 is 14.3 Å². The van der Waals surface area contributed by atoms with Gasteiger partial charge in [0.15, 0.2) is 0 Å². The average Bonchev–Trinajstić information content (AvgIpc) is 3.42. The lowest BCUT2D eigenvalue weighted by atomic mass is 9.87. The van der Waals surface area contributed by atoms with Gasteiger partial charge in [0.05, 0.1) is 6.04 Å². The highest BCUT2D eigenvalue weighted by atomic mass is 16.6. The van der Waals surface area contributed by atoms with Crippen LogP contribution in [-0.4, -0.2) is 29.0 Å². The number of nitrogens with zero attached hydrogens (tertiary/aromatic N) is 1. The smallest absolute Gasteiger partial charge is 0.417 e. The van der Waals surface area contributed by atoms with Crippen LogP contribution in [0.15, 0.2) is 78.9 Å². The van der Waals surface area contributed by atoms with Gasteiger partial charge in [-0.15, -0.1) is 0 Å². The Bertz CT molecular complexity index is 812. The topological polar surface area (TPSA) is 46.6 Å². The van der Waals surface area contributed by atoms with Crippen LogP contribution < -0.4 is 0 Å². The van der Waals surface area contributed by atoms with E-state index in [1.165, 1.54) is 4.90 Å². The number of allylic oxidation sites excluding steroid dienone is 4. The van der Waals surface area contributed by atoms with E-state index in [2.05, 4.69) is 0 Å². The molecule has 0 aromatic heterocycles. The zero-order valence-electron chi connectivity index (χ0n) is 15.3. The van der Waals surface area contributed by atoms with Crippen molar-refractivity contribution in [2.75, 3.05) is 0 Å². The van der Waals surface area contributed by atoms with Gasteiger partial charge in [0.25, 0.3) is 0 Å². The monoisotopic (exact) mass is 361 g/mol. The molecule has 1 aliphatic heterocycles. The Morgan fingerprint density at radius 2 is 1.59 bits per heavy atom. The molecule has 1 fully saturated rings. The van der Waals surface area contributed by atoms with Gasteiger partial charge >= 0.3 is 6.09 Å². The van der Waals surface area contributed by atoms with Gasteiger partial charge in [-0.05, 0) is 12.0 Å². The molecule has 1 heterocycles. The number of hydrogen-bond acceptors (Lipinski definition) is 3. The molecule has 3 atom stereocenters. The first-order valence-electron chi connectivity index (χ1n) is 9.43. The van der Waals surface area contributed by atoms with Crippen molar-refractivity contribution in [2.45, 2.75) is 25.5 Å². The van der Waals surface area contributed by atoms with Gasteiger partial charge in [0, 0.05) is 17.8 Å². The predicted octanol–water partition coefficient (Wildman–Crippen LogP) is 4.07. The lowest BCUT2D eigenvalue weighted by Gasteiger charge is -2.30. The molecule has 27 heavy (non-hydrogen) atoms. The zero-order valence-corrected chi connectivity index (χ0v) is 15.3. The third kappa shape index (κ3) is 3.39. The summed E-state index contributed by atoms with van der Waals surface area (Å²) in [5.41, 5.74) is 1.08. The minimum Gasteiger partial charge on any atom is -0.443 e. The van der Waals surface area contributed by atoms with Crippen molar-refractivity contribution in [3.05, 3.63) is 84.5 Å². The van der Waals surface area contributed by atoms with Crippen molar-refractivity contribution in [3.8, 4) is 0 Å². The third-order valence-corrected chi connectivity index (χ3v) is 5.44. The molecule has 0 spiro atoms. The van der Waals surface area contributed by atoms with Crippen LogP contribution >= 0.6 is 0 Å². The quantitative estimate of drug-likeness (QED) is 0.794. The first-order chi connectivity index (χ1) is 13.1. The number of cyclic esters (lactones) is 1. The van der Waals surface area contributed by atoms with Crippen LogP contribution in [0, 0.1) is 17.8 Å². The Labute approximate surface area is 159 Å².